The van der Waals surface area contributed by atoms with Crippen LogP contribution in [0, 0.1) is 0 Å². The van der Waals surface area contributed by atoms with Crippen molar-refractivity contribution < 1.29 is 9.59 Å². The Morgan fingerprint density at radius 3 is 2.64 bits per heavy atom. The van der Waals surface area contributed by atoms with Gasteiger partial charge in [-0.3, -0.25) is 14.6 Å². The van der Waals surface area contributed by atoms with E-state index in [0.29, 0.717) is 22.9 Å². The van der Waals surface area contributed by atoms with Crippen LogP contribution in [0.25, 0.3) is 0 Å². The molecule has 1 heterocycles. The van der Waals surface area contributed by atoms with Crippen LogP contribution in [0.5, 0.6) is 0 Å². The monoisotopic (exact) mass is 359 g/mol. The summed E-state index contributed by atoms with van der Waals surface area (Å²) in [6, 6.07) is 8.88. The number of hydrogen-bond donors (Lipinski definition) is 2. The summed E-state index contributed by atoms with van der Waals surface area (Å²) in [5.41, 5.74) is 1.56. The number of carbonyl (C=O) groups excluding carboxylic acids is 2. The SMILES string of the molecule is O=C(Nc1cccc(C(=O)NC2CC2)c1)c1cncc(Br)c1. The molecule has 2 aromatic rings. The normalized spacial score (nSPS) is 13.5. The second kappa shape index (κ2) is 6.27. The van der Waals surface area contributed by atoms with Crippen LogP contribution in [-0.4, -0.2) is 22.8 Å². The molecule has 6 heteroatoms. The summed E-state index contributed by atoms with van der Waals surface area (Å²) in [6.45, 7) is 0. The van der Waals surface area contributed by atoms with Crippen molar-refractivity contribution >= 4 is 33.4 Å². The predicted molar refractivity (Wildman–Crippen MR) is 86.8 cm³/mol. The number of nitrogens with zero attached hydrogens (tertiary/aromatic N) is 1. The van der Waals surface area contributed by atoms with Gasteiger partial charge in [0.15, 0.2) is 0 Å². The van der Waals surface area contributed by atoms with Crippen molar-refractivity contribution in [1.29, 1.82) is 0 Å². The molecule has 1 aliphatic carbocycles. The molecule has 0 aliphatic heterocycles. The van der Waals surface area contributed by atoms with Crippen LogP contribution in [0.2, 0.25) is 0 Å². The summed E-state index contributed by atoms with van der Waals surface area (Å²) in [5.74, 6) is -0.378. The van der Waals surface area contributed by atoms with E-state index in [0.717, 1.165) is 17.3 Å². The molecule has 0 unspecified atom stereocenters. The van der Waals surface area contributed by atoms with Gasteiger partial charge in [0.2, 0.25) is 0 Å². The maximum atomic E-state index is 12.2. The third kappa shape index (κ3) is 3.71. The average molecular weight is 360 g/mol. The van der Waals surface area contributed by atoms with Gasteiger partial charge < -0.3 is 10.6 Å². The summed E-state index contributed by atoms with van der Waals surface area (Å²) in [6.07, 6.45) is 5.18. The van der Waals surface area contributed by atoms with Crippen LogP contribution in [0.4, 0.5) is 5.69 Å². The standard InChI is InChI=1S/C16H14BrN3O2/c17-12-6-11(8-18-9-12)16(22)20-14-3-1-2-10(7-14)15(21)19-13-4-5-13/h1-3,6-9,13H,4-5H2,(H,19,21)(H,20,22). The number of nitrogens with one attached hydrogen (secondary N) is 2. The molecule has 0 spiro atoms. The van der Waals surface area contributed by atoms with Gasteiger partial charge in [0.1, 0.15) is 0 Å². The second-order valence-corrected chi connectivity index (χ2v) is 6.09. The second-order valence-electron chi connectivity index (χ2n) is 5.17. The Morgan fingerprint density at radius 1 is 1.09 bits per heavy atom. The van der Waals surface area contributed by atoms with E-state index >= 15 is 0 Å². The number of aromatic nitrogens is 1. The van der Waals surface area contributed by atoms with Gasteiger partial charge >= 0.3 is 0 Å². The third-order valence-corrected chi connectivity index (χ3v) is 3.70. The van der Waals surface area contributed by atoms with E-state index in [4.69, 9.17) is 0 Å². The van der Waals surface area contributed by atoms with Crippen molar-refractivity contribution in [3.8, 4) is 0 Å². The smallest absolute Gasteiger partial charge is 0.257 e. The molecule has 3 rings (SSSR count). The minimum absolute atomic E-state index is 0.109. The lowest BCUT2D eigenvalue weighted by atomic mass is 10.1. The Bertz CT molecular complexity index is 729. The Hall–Kier alpha value is -2.21. The summed E-state index contributed by atoms with van der Waals surface area (Å²) in [7, 11) is 0. The molecule has 22 heavy (non-hydrogen) atoms. The van der Waals surface area contributed by atoms with Gasteiger partial charge in [-0.1, -0.05) is 6.07 Å². The van der Waals surface area contributed by atoms with Crippen molar-refractivity contribution in [3.05, 3.63) is 58.3 Å². The van der Waals surface area contributed by atoms with Crippen molar-refractivity contribution in [1.82, 2.24) is 10.3 Å². The summed E-state index contributed by atoms with van der Waals surface area (Å²) < 4.78 is 0.734. The van der Waals surface area contributed by atoms with Gasteiger partial charge in [-0.2, -0.15) is 0 Å². The first-order valence-corrected chi connectivity index (χ1v) is 7.74. The van der Waals surface area contributed by atoms with E-state index < -0.39 is 0 Å². The third-order valence-electron chi connectivity index (χ3n) is 3.26. The van der Waals surface area contributed by atoms with Crippen molar-refractivity contribution in [2.24, 2.45) is 0 Å². The molecule has 2 N–H and O–H groups in total. The number of benzene rings is 1. The molecule has 1 aromatic carbocycles. The Labute approximate surface area is 136 Å². The number of anilines is 1. The van der Waals surface area contributed by atoms with E-state index in [1.165, 1.54) is 6.20 Å². The highest BCUT2D eigenvalue weighted by molar-refractivity contribution is 9.10. The van der Waals surface area contributed by atoms with Crippen LogP contribution in [0.3, 0.4) is 0 Å². The number of rotatable bonds is 4. The highest BCUT2D eigenvalue weighted by atomic mass is 79.9. The lowest BCUT2D eigenvalue weighted by Crippen LogP contribution is -2.25. The fourth-order valence-electron chi connectivity index (χ4n) is 1.97. The Balaban J connectivity index is 1.72. The first kappa shape index (κ1) is 14.7. The molecule has 0 bridgehead atoms. The summed E-state index contributed by atoms with van der Waals surface area (Å²) in [5, 5.41) is 5.69. The lowest BCUT2D eigenvalue weighted by molar-refractivity contribution is 0.0949. The maximum Gasteiger partial charge on any atom is 0.257 e. The van der Waals surface area contributed by atoms with Gasteiger partial charge in [0.05, 0.1) is 5.56 Å². The average Bonchev–Trinajstić information content (AvgIpc) is 3.31. The van der Waals surface area contributed by atoms with Gasteiger partial charge in [0, 0.05) is 34.2 Å². The van der Waals surface area contributed by atoms with Crippen molar-refractivity contribution in [2.45, 2.75) is 18.9 Å². The molecule has 0 saturated heterocycles. The fourth-order valence-corrected chi connectivity index (χ4v) is 2.34. The number of amides is 2. The number of pyridine rings is 1. The summed E-state index contributed by atoms with van der Waals surface area (Å²) >= 11 is 3.28. The molecule has 5 nitrogen and oxygen atoms in total. The van der Waals surface area contributed by atoms with Gasteiger partial charge in [0.25, 0.3) is 11.8 Å². The zero-order valence-corrected chi connectivity index (χ0v) is 13.3. The molecule has 0 atom stereocenters. The van der Waals surface area contributed by atoms with E-state index in [2.05, 4.69) is 31.5 Å². The van der Waals surface area contributed by atoms with Crippen molar-refractivity contribution in [2.75, 3.05) is 5.32 Å². The number of hydrogen-bond acceptors (Lipinski definition) is 3. The van der Waals surface area contributed by atoms with Crippen LogP contribution in [0.15, 0.2) is 47.2 Å². The molecule has 112 valence electrons. The van der Waals surface area contributed by atoms with E-state index in [1.807, 2.05) is 0 Å². The topological polar surface area (TPSA) is 71.1 Å². The lowest BCUT2D eigenvalue weighted by Gasteiger charge is -2.08. The van der Waals surface area contributed by atoms with Gasteiger partial charge in [-0.05, 0) is 53.0 Å². The van der Waals surface area contributed by atoms with Crippen LogP contribution in [0.1, 0.15) is 33.6 Å². The van der Waals surface area contributed by atoms with Gasteiger partial charge in [-0.25, -0.2) is 0 Å². The minimum atomic E-state index is -0.270. The van der Waals surface area contributed by atoms with Crippen LogP contribution < -0.4 is 10.6 Å². The molecule has 1 aliphatic rings. The first-order chi connectivity index (χ1) is 10.6. The minimum Gasteiger partial charge on any atom is -0.349 e. The maximum absolute atomic E-state index is 12.2. The molecule has 1 aromatic heterocycles. The molecule has 1 saturated carbocycles. The largest absolute Gasteiger partial charge is 0.349 e. The quantitative estimate of drug-likeness (QED) is 0.881. The fraction of sp³-hybridized carbons (Fsp3) is 0.188. The van der Waals surface area contributed by atoms with Gasteiger partial charge in [-0.15, -0.1) is 0 Å². The van der Waals surface area contributed by atoms with E-state index in [-0.39, 0.29) is 11.8 Å². The van der Waals surface area contributed by atoms with Crippen LogP contribution >= 0.6 is 15.9 Å². The summed E-state index contributed by atoms with van der Waals surface area (Å²) in [4.78, 5) is 28.1. The van der Waals surface area contributed by atoms with Crippen molar-refractivity contribution in [3.63, 3.8) is 0 Å². The molecule has 0 radical (unpaired) electrons. The van der Waals surface area contributed by atoms with E-state index in [1.54, 1.807) is 36.5 Å². The number of halogens is 1. The Morgan fingerprint density at radius 2 is 1.91 bits per heavy atom. The number of carbonyl (C=O) groups is 2. The first-order valence-electron chi connectivity index (χ1n) is 6.94. The zero-order valence-electron chi connectivity index (χ0n) is 11.7. The molecular formula is C16H14BrN3O2. The predicted octanol–water partition coefficient (Wildman–Crippen LogP) is 2.99. The molecule has 2 amide bonds. The highest BCUT2D eigenvalue weighted by Crippen LogP contribution is 2.20. The van der Waals surface area contributed by atoms with E-state index in [9.17, 15) is 9.59 Å². The Kier molecular flexibility index (Phi) is 4.20. The highest BCUT2D eigenvalue weighted by Gasteiger charge is 2.23. The molecular weight excluding hydrogens is 346 g/mol. The zero-order chi connectivity index (χ0) is 15.5. The molecule has 1 fully saturated rings. The van der Waals surface area contributed by atoms with Crippen LogP contribution in [-0.2, 0) is 0 Å².